The molecule has 0 fully saturated rings. The van der Waals surface area contributed by atoms with E-state index in [1.807, 2.05) is 0 Å². The predicted molar refractivity (Wildman–Crippen MR) is 56.8 cm³/mol. The lowest BCUT2D eigenvalue weighted by molar-refractivity contribution is -0.268. The third-order valence-corrected chi connectivity index (χ3v) is 2.50. The van der Waals surface area contributed by atoms with Gasteiger partial charge in [-0.3, -0.25) is 0 Å². The van der Waals surface area contributed by atoms with E-state index in [2.05, 4.69) is 0 Å². The highest BCUT2D eigenvalue weighted by atomic mass is 16.4. The molecular weight excluding hydrogens is 208 g/mol. The van der Waals surface area contributed by atoms with Gasteiger partial charge in [-0.1, -0.05) is 17.9 Å². The topological polar surface area (TPSA) is 80.6 Å². The fourth-order valence-corrected chi connectivity index (χ4v) is 1.80. The van der Waals surface area contributed by atoms with Crippen LogP contribution in [0.15, 0.2) is 24.3 Å². The van der Waals surface area contributed by atoms with E-state index in [0.717, 1.165) is 5.56 Å². The van der Waals surface area contributed by atoms with Crippen molar-refractivity contribution in [3.8, 4) is 11.5 Å². The van der Waals surface area contributed by atoms with Gasteiger partial charge in [-0.05, 0) is 35.4 Å². The number of carbonyl (C=O) groups is 1. The molecule has 0 radical (unpaired) electrons. The van der Waals surface area contributed by atoms with E-state index in [1.54, 1.807) is 13.0 Å². The van der Waals surface area contributed by atoms with Crippen molar-refractivity contribution in [3.05, 3.63) is 35.4 Å². The molecule has 0 spiro atoms. The maximum absolute atomic E-state index is 11.4. The quantitative estimate of drug-likeness (QED) is 0.760. The average molecular weight is 217 g/mol. The maximum atomic E-state index is 11.4. The standard InChI is InChI=1S/C12H10O4/c1-6-4-7(13)5-9-8(6)2-3-10(14)11(9)12(15)16/h2-5,13-14H,1H3,(H,15,16)/p-1. The highest BCUT2D eigenvalue weighted by molar-refractivity contribution is 6.07. The molecule has 0 amide bonds. The van der Waals surface area contributed by atoms with Crippen LogP contribution in [-0.4, -0.2) is 16.2 Å². The number of aryl methyl sites for hydroxylation is 1. The maximum Gasteiger partial charge on any atom is 0.335 e. The van der Waals surface area contributed by atoms with Crippen LogP contribution >= 0.6 is 0 Å². The van der Waals surface area contributed by atoms with Gasteiger partial charge in [-0.25, -0.2) is 4.79 Å². The number of rotatable bonds is 1. The fraction of sp³-hybridized carbons (Fsp3) is 0.0833. The van der Waals surface area contributed by atoms with Crippen molar-refractivity contribution in [1.82, 2.24) is 0 Å². The molecule has 0 aliphatic carbocycles. The number of benzene rings is 2. The third kappa shape index (κ3) is 1.44. The van der Waals surface area contributed by atoms with Gasteiger partial charge in [0.15, 0.2) is 0 Å². The molecule has 0 saturated heterocycles. The van der Waals surface area contributed by atoms with Crippen molar-refractivity contribution in [2.45, 2.75) is 6.92 Å². The summed E-state index contributed by atoms with van der Waals surface area (Å²) < 4.78 is 0. The molecule has 2 rings (SSSR count). The van der Waals surface area contributed by atoms with Gasteiger partial charge in [0.2, 0.25) is 0 Å². The van der Waals surface area contributed by atoms with Crippen molar-refractivity contribution in [2.75, 3.05) is 0 Å². The first-order chi connectivity index (χ1) is 7.50. The lowest BCUT2D eigenvalue weighted by Gasteiger charge is -2.14. The Morgan fingerprint density at radius 1 is 1.25 bits per heavy atom. The predicted octanol–water partition coefficient (Wildman–Crippen LogP) is 1.63. The minimum absolute atomic E-state index is 0.0434. The second-order valence-corrected chi connectivity index (χ2v) is 3.60. The monoisotopic (exact) mass is 217 g/mol. The van der Waals surface area contributed by atoms with Crippen molar-refractivity contribution in [2.24, 2.45) is 0 Å². The molecule has 0 aromatic heterocycles. The largest absolute Gasteiger partial charge is 0.872 e. The number of hydrogen-bond donors (Lipinski definition) is 2. The second kappa shape index (κ2) is 3.41. The van der Waals surface area contributed by atoms with Crippen LogP contribution in [0, 0.1) is 6.92 Å². The minimum Gasteiger partial charge on any atom is -0.872 e. The van der Waals surface area contributed by atoms with Crippen molar-refractivity contribution < 1.29 is 20.1 Å². The molecule has 4 nitrogen and oxygen atoms in total. The van der Waals surface area contributed by atoms with Crippen LogP contribution in [0.25, 0.3) is 10.8 Å². The molecule has 16 heavy (non-hydrogen) atoms. The molecule has 0 atom stereocenters. The number of fused-ring (bicyclic) bond motifs is 1. The van der Waals surface area contributed by atoms with Gasteiger partial charge in [0, 0.05) is 0 Å². The summed E-state index contributed by atoms with van der Waals surface area (Å²) in [6.07, 6.45) is 0. The summed E-state index contributed by atoms with van der Waals surface area (Å²) in [6.45, 7) is 1.75. The molecule has 0 unspecified atom stereocenters. The first kappa shape index (κ1) is 10.3. The average Bonchev–Trinajstić information content (AvgIpc) is 2.15. The van der Waals surface area contributed by atoms with Crippen LogP contribution < -0.4 is 5.11 Å². The number of aromatic carboxylic acids is 1. The molecule has 0 bridgehead atoms. The molecule has 2 N–H and O–H groups in total. The summed E-state index contributed by atoms with van der Waals surface area (Å²) in [7, 11) is 0. The Hall–Kier alpha value is -2.23. The Morgan fingerprint density at radius 3 is 2.56 bits per heavy atom. The number of hydrogen-bond acceptors (Lipinski definition) is 3. The van der Waals surface area contributed by atoms with Crippen LogP contribution in [0.2, 0.25) is 0 Å². The van der Waals surface area contributed by atoms with Gasteiger partial charge in [0.1, 0.15) is 5.75 Å². The SMILES string of the molecule is Cc1cc(O)cc2c(C(=O)O)c([O-])ccc12. The lowest BCUT2D eigenvalue weighted by Crippen LogP contribution is -2.04. The minimum atomic E-state index is -1.28. The molecule has 0 saturated carbocycles. The van der Waals surface area contributed by atoms with E-state index in [9.17, 15) is 15.0 Å². The Labute approximate surface area is 91.4 Å². The van der Waals surface area contributed by atoms with E-state index in [0.29, 0.717) is 5.39 Å². The highest BCUT2D eigenvalue weighted by Gasteiger charge is 2.11. The van der Waals surface area contributed by atoms with Crippen LogP contribution in [0.1, 0.15) is 15.9 Å². The number of aromatic hydroxyl groups is 1. The molecule has 82 valence electrons. The zero-order valence-corrected chi connectivity index (χ0v) is 8.52. The van der Waals surface area contributed by atoms with Crippen LogP contribution in [0.4, 0.5) is 0 Å². The first-order valence-corrected chi connectivity index (χ1v) is 4.67. The van der Waals surface area contributed by atoms with Crippen molar-refractivity contribution in [1.29, 1.82) is 0 Å². The van der Waals surface area contributed by atoms with E-state index in [-0.39, 0.29) is 16.7 Å². The Bertz CT molecular complexity index is 587. The summed E-state index contributed by atoms with van der Waals surface area (Å²) in [5.41, 5.74) is 0.439. The summed E-state index contributed by atoms with van der Waals surface area (Å²) in [6, 6.07) is 5.63. The van der Waals surface area contributed by atoms with Crippen LogP contribution in [-0.2, 0) is 0 Å². The summed E-state index contributed by atoms with van der Waals surface area (Å²) in [4.78, 5) is 11.0. The highest BCUT2D eigenvalue weighted by Crippen LogP contribution is 2.30. The molecule has 0 heterocycles. The van der Waals surface area contributed by atoms with Crippen molar-refractivity contribution >= 4 is 16.7 Å². The Kier molecular flexibility index (Phi) is 2.20. The van der Waals surface area contributed by atoms with E-state index >= 15 is 0 Å². The first-order valence-electron chi connectivity index (χ1n) is 4.67. The third-order valence-electron chi connectivity index (χ3n) is 2.50. The van der Waals surface area contributed by atoms with E-state index in [4.69, 9.17) is 5.11 Å². The lowest BCUT2D eigenvalue weighted by atomic mass is 9.99. The number of phenols is 1. The summed E-state index contributed by atoms with van der Waals surface area (Å²) in [5, 5.41) is 30.7. The summed E-state index contributed by atoms with van der Waals surface area (Å²) in [5.74, 6) is -1.87. The van der Waals surface area contributed by atoms with Gasteiger partial charge < -0.3 is 15.3 Å². The van der Waals surface area contributed by atoms with Gasteiger partial charge in [-0.15, -0.1) is 0 Å². The smallest absolute Gasteiger partial charge is 0.335 e. The van der Waals surface area contributed by atoms with Gasteiger partial charge in [-0.2, -0.15) is 0 Å². The zero-order chi connectivity index (χ0) is 11.9. The van der Waals surface area contributed by atoms with Crippen LogP contribution in [0.5, 0.6) is 11.5 Å². The molecule has 0 aliphatic rings. The van der Waals surface area contributed by atoms with Crippen molar-refractivity contribution in [3.63, 3.8) is 0 Å². The molecule has 2 aromatic rings. The second-order valence-electron chi connectivity index (χ2n) is 3.60. The van der Waals surface area contributed by atoms with E-state index in [1.165, 1.54) is 18.2 Å². The number of phenolic OH excluding ortho intramolecular Hbond substituents is 1. The van der Waals surface area contributed by atoms with Gasteiger partial charge >= 0.3 is 5.97 Å². The zero-order valence-electron chi connectivity index (χ0n) is 8.52. The molecule has 2 aromatic carbocycles. The number of carboxylic acids is 1. The van der Waals surface area contributed by atoms with Crippen LogP contribution in [0.3, 0.4) is 0 Å². The Balaban J connectivity index is 2.97. The van der Waals surface area contributed by atoms with Gasteiger partial charge in [0.25, 0.3) is 0 Å². The summed E-state index contributed by atoms with van der Waals surface area (Å²) >= 11 is 0. The number of carboxylic acid groups (broad SMARTS) is 1. The fourth-order valence-electron chi connectivity index (χ4n) is 1.80. The molecule has 0 aliphatic heterocycles. The Morgan fingerprint density at radius 2 is 1.94 bits per heavy atom. The van der Waals surface area contributed by atoms with E-state index < -0.39 is 11.7 Å². The molecular formula is C12H9O4-. The normalized spacial score (nSPS) is 10.6. The van der Waals surface area contributed by atoms with Gasteiger partial charge in [0.05, 0.1) is 5.56 Å². The molecule has 4 heteroatoms.